The average Bonchev–Trinajstić information content (AvgIpc) is 3.72. The fourth-order valence-electron chi connectivity index (χ4n) is 5.53. The van der Waals surface area contributed by atoms with Gasteiger partial charge in [-0.3, -0.25) is 19.2 Å². The van der Waals surface area contributed by atoms with E-state index < -0.39 is 0 Å². The van der Waals surface area contributed by atoms with Crippen LogP contribution < -0.4 is 15.2 Å². The zero-order valence-corrected chi connectivity index (χ0v) is 27.5. The summed E-state index contributed by atoms with van der Waals surface area (Å²) in [5.74, 6) is -0.127. The molecule has 0 atom stereocenters. The predicted octanol–water partition coefficient (Wildman–Crippen LogP) is 7.46. The second-order valence-electron chi connectivity index (χ2n) is 11.0. The van der Waals surface area contributed by atoms with Gasteiger partial charge in [0.15, 0.2) is 4.32 Å². The Morgan fingerprint density at radius 3 is 2.21 bits per heavy atom. The number of nitrogens with zero attached hydrogens (tertiary/aromatic N) is 5. The van der Waals surface area contributed by atoms with Crippen LogP contribution in [-0.4, -0.2) is 29.4 Å². The summed E-state index contributed by atoms with van der Waals surface area (Å²) in [6.45, 7) is 1.89. The van der Waals surface area contributed by atoms with E-state index in [-0.39, 0.29) is 33.9 Å². The summed E-state index contributed by atoms with van der Waals surface area (Å²) in [6.07, 6.45) is 3.62. The molecule has 1 saturated heterocycles. The lowest BCUT2D eigenvalue weighted by Gasteiger charge is -2.12. The fourth-order valence-corrected chi connectivity index (χ4v) is 6.79. The van der Waals surface area contributed by atoms with Crippen LogP contribution in [0.5, 0.6) is 5.75 Å². The summed E-state index contributed by atoms with van der Waals surface area (Å²) < 4.78 is 25.2. The molecule has 8 nitrogen and oxygen atoms in total. The Bertz CT molecular complexity index is 2260. The van der Waals surface area contributed by atoms with E-state index in [0.29, 0.717) is 38.9 Å². The number of hydrogen-bond acceptors (Lipinski definition) is 6. The molecule has 238 valence electrons. The zero-order chi connectivity index (χ0) is 33.4. The topological polar surface area (TPSA) is 74.3 Å². The van der Waals surface area contributed by atoms with Crippen LogP contribution in [0.1, 0.15) is 16.8 Å². The Balaban J connectivity index is 1.23. The lowest BCUT2D eigenvalue weighted by molar-refractivity contribution is -0.113. The van der Waals surface area contributed by atoms with Gasteiger partial charge < -0.3 is 4.74 Å². The molecule has 4 aromatic carbocycles. The van der Waals surface area contributed by atoms with Gasteiger partial charge in [-0.1, -0.05) is 78.6 Å². The van der Waals surface area contributed by atoms with Gasteiger partial charge in [-0.2, -0.15) is 5.10 Å². The summed E-state index contributed by atoms with van der Waals surface area (Å²) in [4.78, 5) is 29.4. The molecule has 3 heterocycles. The number of thiocarbonyl (C=S) groups is 1. The lowest BCUT2D eigenvalue weighted by atomic mass is 10.1. The van der Waals surface area contributed by atoms with Gasteiger partial charge in [-0.25, -0.2) is 13.8 Å². The first kappa shape index (κ1) is 31.1. The Morgan fingerprint density at radius 2 is 1.52 bits per heavy atom. The van der Waals surface area contributed by atoms with E-state index in [1.807, 2.05) is 79.0 Å². The molecule has 1 aliphatic rings. The second kappa shape index (κ2) is 12.9. The van der Waals surface area contributed by atoms with E-state index in [9.17, 15) is 14.0 Å². The predicted molar refractivity (Wildman–Crippen MR) is 191 cm³/mol. The van der Waals surface area contributed by atoms with Crippen LogP contribution in [0.25, 0.3) is 28.7 Å². The van der Waals surface area contributed by atoms with Crippen LogP contribution >= 0.6 is 24.0 Å². The van der Waals surface area contributed by atoms with Crippen molar-refractivity contribution in [2.45, 2.75) is 13.5 Å². The summed E-state index contributed by atoms with van der Waals surface area (Å²) in [5.41, 5.74) is 4.59. The van der Waals surface area contributed by atoms with Crippen LogP contribution in [0, 0.1) is 12.7 Å². The molecule has 2 aromatic heterocycles. The van der Waals surface area contributed by atoms with E-state index in [1.54, 1.807) is 59.7 Å². The molecular formula is C37H28FN5O3S2. The maximum absolute atomic E-state index is 14.1. The van der Waals surface area contributed by atoms with Gasteiger partial charge in [0, 0.05) is 29.9 Å². The summed E-state index contributed by atoms with van der Waals surface area (Å²) in [7, 11) is 1.78. The van der Waals surface area contributed by atoms with Crippen molar-refractivity contribution in [1.29, 1.82) is 0 Å². The molecule has 11 heteroatoms. The zero-order valence-electron chi connectivity index (χ0n) is 25.9. The van der Waals surface area contributed by atoms with Gasteiger partial charge in [0.1, 0.15) is 23.9 Å². The number of benzene rings is 4. The highest BCUT2D eigenvalue weighted by molar-refractivity contribution is 8.27. The highest BCUT2D eigenvalue weighted by Gasteiger charge is 2.38. The van der Waals surface area contributed by atoms with Gasteiger partial charge in [-0.15, -0.1) is 0 Å². The quantitative estimate of drug-likeness (QED) is 0.123. The van der Waals surface area contributed by atoms with Gasteiger partial charge >= 0.3 is 0 Å². The number of ether oxygens (including phenoxy) is 1. The molecule has 0 bridgehead atoms. The maximum atomic E-state index is 14.1. The Hall–Kier alpha value is -5.52. The van der Waals surface area contributed by atoms with Crippen molar-refractivity contribution in [2.24, 2.45) is 7.05 Å². The summed E-state index contributed by atoms with van der Waals surface area (Å²) >= 11 is 6.82. The molecule has 0 aliphatic carbocycles. The number of amides is 1. The molecule has 1 aliphatic heterocycles. The van der Waals surface area contributed by atoms with Crippen molar-refractivity contribution in [3.05, 3.63) is 153 Å². The smallest absolute Gasteiger partial charge is 0.296 e. The van der Waals surface area contributed by atoms with Gasteiger partial charge in [0.2, 0.25) is 0 Å². The van der Waals surface area contributed by atoms with Crippen molar-refractivity contribution in [3.63, 3.8) is 0 Å². The minimum atomic E-state index is -0.383. The average molecular weight is 674 g/mol. The second-order valence-corrected chi connectivity index (χ2v) is 12.7. The third-order valence-electron chi connectivity index (χ3n) is 8.07. The number of rotatable bonds is 8. The Morgan fingerprint density at radius 1 is 0.875 bits per heavy atom. The number of anilines is 1. The normalized spacial score (nSPS) is 13.9. The van der Waals surface area contributed by atoms with Crippen LogP contribution in [0.2, 0.25) is 0 Å². The molecule has 48 heavy (non-hydrogen) atoms. The molecule has 1 fully saturated rings. The minimum absolute atomic E-state index is 0.0963. The van der Waals surface area contributed by atoms with Crippen molar-refractivity contribution in [2.75, 3.05) is 4.90 Å². The van der Waals surface area contributed by atoms with Crippen molar-refractivity contribution < 1.29 is 13.9 Å². The van der Waals surface area contributed by atoms with Gasteiger partial charge in [-0.05, 0) is 67.6 Å². The van der Waals surface area contributed by atoms with Crippen molar-refractivity contribution in [1.82, 2.24) is 19.1 Å². The molecular weight excluding hydrogens is 646 g/mol. The number of thioether (sulfide) groups is 1. The number of aromatic nitrogens is 4. The Kier molecular flexibility index (Phi) is 8.38. The number of hydrogen-bond donors (Lipinski definition) is 0. The maximum Gasteiger partial charge on any atom is 0.296 e. The molecule has 0 spiro atoms. The molecule has 0 N–H and O–H groups in total. The molecule has 1 amide bonds. The van der Waals surface area contributed by atoms with E-state index >= 15 is 0 Å². The number of para-hydroxylation sites is 2. The van der Waals surface area contributed by atoms with Crippen LogP contribution in [0.4, 0.5) is 10.1 Å². The molecule has 0 radical (unpaired) electrons. The first-order valence-electron chi connectivity index (χ1n) is 15.0. The highest BCUT2D eigenvalue weighted by Crippen LogP contribution is 2.38. The number of halogens is 1. The van der Waals surface area contributed by atoms with E-state index in [0.717, 1.165) is 23.0 Å². The fraction of sp³-hybridized carbons (Fsp3) is 0.0811. The monoisotopic (exact) mass is 673 g/mol. The first-order valence-corrected chi connectivity index (χ1v) is 16.3. The standard InChI is InChI=1S/C37H28FN5O3S2/c1-24-34(36(45)43(40(24)2)29-14-7-4-8-15-29)42-35(44)32(48-37(42)47)21-27-22-41(28-12-5-3-6-13-28)39-33(27)25-17-19-30(20-18-25)46-23-26-11-9-10-16-31(26)38/h3-22H,23H2,1-2H3. The lowest BCUT2D eigenvalue weighted by Crippen LogP contribution is -2.33. The number of carbonyl (C=O) groups excluding carboxylic acids is 1. The number of carbonyl (C=O) groups is 1. The van der Waals surface area contributed by atoms with Gasteiger partial charge in [0.05, 0.1) is 27.7 Å². The summed E-state index contributed by atoms with van der Waals surface area (Å²) in [5, 5.41) is 4.88. The Labute approximate surface area is 285 Å². The van der Waals surface area contributed by atoms with E-state index in [1.165, 1.54) is 15.6 Å². The van der Waals surface area contributed by atoms with Crippen LogP contribution in [-0.2, 0) is 18.4 Å². The molecule has 6 aromatic rings. The minimum Gasteiger partial charge on any atom is -0.489 e. The summed E-state index contributed by atoms with van der Waals surface area (Å²) in [6, 6.07) is 32.8. The van der Waals surface area contributed by atoms with E-state index in [2.05, 4.69) is 0 Å². The third kappa shape index (κ3) is 5.78. The van der Waals surface area contributed by atoms with Gasteiger partial charge in [0.25, 0.3) is 11.5 Å². The van der Waals surface area contributed by atoms with Crippen molar-refractivity contribution in [3.8, 4) is 28.4 Å². The SMILES string of the molecule is Cc1c(N2C(=O)C(=Cc3cn(-c4ccccc4)nc3-c3ccc(OCc4ccccc4F)cc3)SC2=S)c(=O)n(-c2ccccc2)n1C. The third-order valence-corrected chi connectivity index (χ3v) is 9.37. The van der Waals surface area contributed by atoms with E-state index in [4.69, 9.17) is 22.1 Å². The molecule has 0 unspecified atom stereocenters. The van der Waals surface area contributed by atoms with Crippen LogP contribution in [0.15, 0.2) is 125 Å². The first-order chi connectivity index (χ1) is 23.3. The highest BCUT2D eigenvalue weighted by atomic mass is 32.2. The van der Waals surface area contributed by atoms with Crippen molar-refractivity contribution >= 4 is 46.0 Å². The van der Waals surface area contributed by atoms with Crippen LogP contribution in [0.3, 0.4) is 0 Å². The largest absolute Gasteiger partial charge is 0.489 e. The molecule has 0 saturated carbocycles. The molecule has 7 rings (SSSR count).